The third-order valence-corrected chi connectivity index (χ3v) is 5.19. The summed E-state index contributed by atoms with van der Waals surface area (Å²) in [7, 11) is 0. The number of amides is 1. The molecule has 0 bridgehead atoms. The lowest BCUT2D eigenvalue weighted by atomic mass is 10.1. The molecule has 0 saturated heterocycles. The van der Waals surface area contributed by atoms with Crippen LogP contribution in [0, 0.1) is 0 Å². The number of carbonyl (C=O) groups excluding carboxylic acids is 2. The molecule has 0 aliphatic rings. The van der Waals surface area contributed by atoms with E-state index >= 15 is 0 Å². The Morgan fingerprint density at radius 3 is 2.44 bits per heavy atom. The highest BCUT2D eigenvalue weighted by molar-refractivity contribution is 6.30. The van der Waals surface area contributed by atoms with Gasteiger partial charge in [0.25, 0.3) is 5.91 Å². The standard InChI is InChI=1S/C27H21ClN2O4/c1-18(33-25-14-11-20-6-2-3-7-22(20)16-25)26(31)30-29-17-19-5-4-8-24(15-19)34-27(32)21-9-12-23(28)13-10-21/h2-18H,1H3,(H,30,31)/b29-17+. The van der Waals surface area contributed by atoms with E-state index in [-0.39, 0.29) is 0 Å². The Labute approximate surface area is 201 Å². The van der Waals surface area contributed by atoms with Crippen molar-refractivity contribution in [3.8, 4) is 11.5 Å². The zero-order valence-electron chi connectivity index (χ0n) is 18.3. The number of hydrogen-bond donors (Lipinski definition) is 1. The van der Waals surface area contributed by atoms with Crippen LogP contribution in [0.1, 0.15) is 22.8 Å². The van der Waals surface area contributed by atoms with Crippen LogP contribution in [0.15, 0.2) is 96.1 Å². The summed E-state index contributed by atoms with van der Waals surface area (Å²) in [6, 6.07) is 26.8. The monoisotopic (exact) mass is 472 g/mol. The molecule has 4 aromatic rings. The van der Waals surface area contributed by atoms with Gasteiger partial charge in [0.2, 0.25) is 0 Å². The molecule has 1 unspecified atom stereocenters. The second kappa shape index (κ2) is 10.6. The molecule has 0 aliphatic heterocycles. The van der Waals surface area contributed by atoms with Crippen LogP contribution in [0.3, 0.4) is 0 Å². The summed E-state index contributed by atoms with van der Waals surface area (Å²) >= 11 is 5.84. The van der Waals surface area contributed by atoms with Crippen molar-refractivity contribution >= 4 is 40.5 Å². The minimum Gasteiger partial charge on any atom is -0.481 e. The maximum Gasteiger partial charge on any atom is 0.343 e. The smallest absolute Gasteiger partial charge is 0.343 e. The van der Waals surface area contributed by atoms with Crippen LogP contribution in [0.5, 0.6) is 11.5 Å². The van der Waals surface area contributed by atoms with Crippen LogP contribution in [-0.2, 0) is 4.79 Å². The van der Waals surface area contributed by atoms with Gasteiger partial charge in [-0.1, -0.05) is 54.1 Å². The fourth-order valence-electron chi connectivity index (χ4n) is 3.17. The number of rotatable bonds is 7. The summed E-state index contributed by atoms with van der Waals surface area (Å²) in [6.45, 7) is 1.65. The predicted molar refractivity (Wildman–Crippen MR) is 133 cm³/mol. The topological polar surface area (TPSA) is 77.0 Å². The molecule has 1 N–H and O–H groups in total. The molecular weight excluding hydrogens is 452 g/mol. The van der Waals surface area contributed by atoms with Crippen molar-refractivity contribution < 1.29 is 19.1 Å². The van der Waals surface area contributed by atoms with Gasteiger partial charge in [0.05, 0.1) is 11.8 Å². The molecule has 0 fully saturated rings. The molecule has 6 nitrogen and oxygen atoms in total. The first kappa shape index (κ1) is 23.0. The molecule has 4 rings (SSSR count). The quantitative estimate of drug-likeness (QED) is 0.164. The second-order valence-electron chi connectivity index (χ2n) is 7.47. The molecule has 0 radical (unpaired) electrons. The SMILES string of the molecule is CC(Oc1ccc2ccccc2c1)C(=O)N/N=C/c1cccc(OC(=O)c2ccc(Cl)cc2)c1. The number of fused-ring (bicyclic) bond motifs is 1. The molecule has 4 aromatic carbocycles. The summed E-state index contributed by atoms with van der Waals surface area (Å²) in [5, 5.41) is 6.64. The third-order valence-electron chi connectivity index (χ3n) is 4.94. The lowest BCUT2D eigenvalue weighted by Crippen LogP contribution is -2.33. The first-order valence-corrected chi connectivity index (χ1v) is 10.9. The van der Waals surface area contributed by atoms with Gasteiger partial charge in [-0.05, 0) is 71.8 Å². The van der Waals surface area contributed by atoms with Gasteiger partial charge in [-0.25, -0.2) is 10.2 Å². The van der Waals surface area contributed by atoms with Crippen molar-refractivity contribution in [2.45, 2.75) is 13.0 Å². The molecule has 170 valence electrons. The third kappa shape index (κ3) is 5.99. The maximum atomic E-state index is 12.4. The van der Waals surface area contributed by atoms with Gasteiger partial charge in [0.1, 0.15) is 11.5 Å². The minimum absolute atomic E-state index is 0.350. The van der Waals surface area contributed by atoms with Gasteiger partial charge < -0.3 is 9.47 Å². The van der Waals surface area contributed by atoms with E-state index < -0.39 is 18.0 Å². The lowest BCUT2D eigenvalue weighted by molar-refractivity contribution is -0.127. The van der Waals surface area contributed by atoms with Gasteiger partial charge in [-0.15, -0.1) is 0 Å². The van der Waals surface area contributed by atoms with Crippen molar-refractivity contribution in [1.82, 2.24) is 5.43 Å². The van der Waals surface area contributed by atoms with Crippen LogP contribution in [0.25, 0.3) is 10.8 Å². The first-order valence-electron chi connectivity index (χ1n) is 10.5. The number of ether oxygens (including phenoxy) is 2. The summed E-state index contributed by atoms with van der Waals surface area (Å²) in [4.78, 5) is 24.6. The van der Waals surface area contributed by atoms with Crippen molar-refractivity contribution in [3.05, 3.63) is 107 Å². The average Bonchev–Trinajstić information content (AvgIpc) is 2.84. The number of benzene rings is 4. The van der Waals surface area contributed by atoms with E-state index in [0.717, 1.165) is 10.8 Å². The van der Waals surface area contributed by atoms with E-state index in [1.807, 2.05) is 42.5 Å². The van der Waals surface area contributed by atoms with E-state index in [0.29, 0.717) is 27.6 Å². The van der Waals surface area contributed by atoms with Gasteiger partial charge in [0, 0.05) is 5.02 Å². The Bertz CT molecular complexity index is 1350. The highest BCUT2D eigenvalue weighted by atomic mass is 35.5. The number of hydrazone groups is 1. The average molecular weight is 473 g/mol. The van der Waals surface area contributed by atoms with Crippen molar-refractivity contribution in [2.75, 3.05) is 0 Å². The number of esters is 1. The molecule has 7 heteroatoms. The number of hydrogen-bond acceptors (Lipinski definition) is 5. The van der Waals surface area contributed by atoms with Crippen LogP contribution in [0.2, 0.25) is 5.02 Å². The molecule has 0 saturated carbocycles. The maximum absolute atomic E-state index is 12.4. The van der Waals surface area contributed by atoms with E-state index in [1.54, 1.807) is 55.5 Å². The number of halogens is 1. The Balaban J connectivity index is 1.32. The first-order chi connectivity index (χ1) is 16.5. The highest BCUT2D eigenvalue weighted by Crippen LogP contribution is 2.21. The van der Waals surface area contributed by atoms with E-state index in [9.17, 15) is 9.59 Å². The molecule has 0 heterocycles. The van der Waals surface area contributed by atoms with Crippen LogP contribution in [-0.4, -0.2) is 24.2 Å². The summed E-state index contributed by atoms with van der Waals surface area (Å²) in [5.41, 5.74) is 3.49. The van der Waals surface area contributed by atoms with Gasteiger partial charge in [0.15, 0.2) is 6.10 Å². The summed E-state index contributed by atoms with van der Waals surface area (Å²) in [5.74, 6) is 0.0530. The zero-order valence-corrected chi connectivity index (χ0v) is 19.0. The molecular formula is C27H21ClN2O4. The summed E-state index contributed by atoms with van der Waals surface area (Å²) < 4.78 is 11.1. The Kier molecular flexibility index (Phi) is 7.20. The highest BCUT2D eigenvalue weighted by Gasteiger charge is 2.14. The molecule has 34 heavy (non-hydrogen) atoms. The zero-order chi connectivity index (χ0) is 23.9. The largest absolute Gasteiger partial charge is 0.481 e. The van der Waals surface area contributed by atoms with Crippen LogP contribution < -0.4 is 14.9 Å². The normalized spacial score (nSPS) is 11.8. The number of nitrogens with one attached hydrogen (secondary N) is 1. The van der Waals surface area contributed by atoms with E-state index in [2.05, 4.69) is 10.5 Å². The Morgan fingerprint density at radius 1 is 0.882 bits per heavy atom. The second-order valence-corrected chi connectivity index (χ2v) is 7.91. The summed E-state index contributed by atoms with van der Waals surface area (Å²) in [6.07, 6.45) is 0.713. The number of carbonyl (C=O) groups is 2. The molecule has 1 amide bonds. The van der Waals surface area contributed by atoms with E-state index in [1.165, 1.54) is 6.21 Å². The Hall–Kier alpha value is -4.16. The molecule has 0 spiro atoms. The van der Waals surface area contributed by atoms with E-state index in [4.69, 9.17) is 21.1 Å². The van der Waals surface area contributed by atoms with Crippen LogP contribution in [0.4, 0.5) is 0 Å². The molecule has 0 aromatic heterocycles. The fourth-order valence-corrected chi connectivity index (χ4v) is 3.30. The Morgan fingerprint density at radius 2 is 1.65 bits per heavy atom. The molecule has 1 atom stereocenters. The van der Waals surface area contributed by atoms with Crippen molar-refractivity contribution in [1.29, 1.82) is 0 Å². The van der Waals surface area contributed by atoms with Gasteiger partial charge in [-0.2, -0.15) is 5.10 Å². The van der Waals surface area contributed by atoms with Gasteiger partial charge >= 0.3 is 5.97 Å². The van der Waals surface area contributed by atoms with Gasteiger partial charge in [-0.3, -0.25) is 4.79 Å². The van der Waals surface area contributed by atoms with Crippen LogP contribution >= 0.6 is 11.6 Å². The number of nitrogens with zero attached hydrogens (tertiary/aromatic N) is 1. The van der Waals surface area contributed by atoms with Crippen molar-refractivity contribution in [2.24, 2.45) is 5.10 Å². The lowest BCUT2D eigenvalue weighted by Gasteiger charge is -2.13. The predicted octanol–water partition coefficient (Wildman–Crippen LogP) is 5.63. The van der Waals surface area contributed by atoms with Crippen molar-refractivity contribution in [3.63, 3.8) is 0 Å². The molecule has 0 aliphatic carbocycles. The fraction of sp³-hybridized carbons (Fsp3) is 0.0741. The minimum atomic E-state index is -0.745.